The van der Waals surface area contributed by atoms with Crippen LogP contribution in [-0.2, 0) is 14.3 Å². The fourth-order valence-electron chi connectivity index (χ4n) is 2.46. The lowest BCUT2D eigenvalue weighted by atomic mass is 10.1. The molecule has 0 spiro atoms. The molecule has 0 saturated carbocycles. The van der Waals surface area contributed by atoms with Gasteiger partial charge in [-0.05, 0) is 55.0 Å². The maximum atomic E-state index is 12.6. The van der Waals surface area contributed by atoms with Crippen LogP contribution in [0.5, 0.6) is 0 Å². The molecule has 2 aromatic rings. The Hall–Kier alpha value is -2.93. The van der Waals surface area contributed by atoms with E-state index in [0.29, 0.717) is 11.3 Å². The number of amides is 2. The Balaban J connectivity index is 1.84. The highest BCUT2D eigenvalue weighted by Gasteiger charge is 2.34. The Kier molecular flexibility index (Phi) is 5.18. The summed E-state index contributed by atoms with van der Waals surface area (Å²) < 4.78 is 5.77. The highest BCUT2D eigenvalue weighted by molar-refractivity contribution is 9.10. The Labute approximate surface area is 158 Å². The Morgan fingerprint density at radius 3 is 2.58 bits per heavy atom. The molecular weight excluding hydrogens is 400 g/mol. The first-order chi connectivity index (χ1) is 12.5. The van der Waals surface area contributed by atoms with Gasteiger partial charge in [0.2, 0.25) is 0 Å². The van der Waals surface area contributed by atoms with Crippen molar-refractivity contribution in [2.45, 2.75) is 6.92 Å². The van der Waals surface area contributed by atoms with E-state index in [0.717, 1.165) is 15.0 Å². The summed E-state index contributed by atoms with van der Waals surface area (Å²) in [6.07, 6.45) is 1.54. The number of hydrogen-bond donors (Lipinski definition) is 1. The first-order valence-electron chi connectivity index (χ1n) is 7.89. The van der Waals surface area contributed by atoms with E-state index in [4.69, 9.17) is 4.74 Å². The first kappa shape index (κ1) is 17.9. The lowest BCUT2D eigenvalue weighted by molar-refractivity contribution is -0.117. The zero-order valence-electron chi connectivity index (χ0n) is 13.9. The third-order valence-corrected chi connectivity index (χ3v) is 4.18. The minimum Gasteiger partial charge on any atom is -0.462 e. The molecule has 0 unspecified atom stereocenters. The maximum Gasteiger partial charge on any atom is 0.338 e. The highest BCUT2D eigenvalue weighted by atomic mass is 79.9. The van der Waals surface area contributed by atoms with E-state index in [-0.39, 0.29) is 12.2 Å². The molecule has 0 atom stereocenters. The SMILES string of the molecule is CCOC(=O)c1ccc(N2NC(=O)/C(=C\c3cccc(Br)c3)C2=O)cc1. The van der Waals surface area contributed by atoms with Gasteiger partial charge in [0.25, 0.3) is 11.8 Å². The maximum absolute atomic E-state index is 12.6. The molecule has 0 aromatic heterocycles. The molecule has 1 aliphatic rings. The minimum atomic E-state index is -0.482. The van der Waals surface area contributed by atoms with Crippen molar-refractivity contribution in [1.82, 2.24) is 5.43 Å². The van der Waals surface area contributed by atoms with Gasteiger partial charge in [0.1, 0.15) is 5.57 Å². The number of hydrogen-bond acceptors (Lipinski definition) is 4. The average Bonchev–Trinajstić information content (AvgIpc) is 2.90. The number of nitrogens with zero attached hydrogens (tertiary/aromatic N) is 1. The van der Waals surface area contributed by atoms with E-state index in [1.165, 1.54) is 6.08 Å². The number of nitrogens with one attached hydrogen (secondary N) is 1. The molecule has 0 radical (unpaired) electrons. The average molecular weight is 415 g/mol. The zero-order chi connectivity index (χ0) is 18.7. The van der Waals surface area contributed by atoms with E-state index in [1.54, 1.807) is 37.3 Å². The molecule has 0 bridgehead atoms. The molecule has 1 fully saturated rings. The number of benzene rings is 2. The van der Waals surface area contributed by atoms with Gasteiger partial charge in [0, 0.05) is 4.47 Å². The van der Waals surface area contributed by atoms with Crippen molar-refractivity contribution in [2.24, 2.45) is 0 Å². The predicted molar refractivity (Wildman–Crippen MR) is 100 cm³/mol. The van der Waals surface area contributed by atoms with Gasteiger partial charge in [-0.15, -0.1) is 0 Å². The Bertz CT molecular complexity index is 906. The van der Waals surface area contributed by atoms with Crippen LogP contribution in [0, 0.1) is 0 Å². The monoisotopic (exact) mass is 414 g/mol. The molecule has 1 N–H and O–H groups in total. The van der Waals surface area contributed by atoms with Crippen LogP contribution in [0.25, 0.3) is 6.08 Å². The normalized spacial score (nSPS) is 15.3. The fraction of sp³-hybridized carbons (Fsp3) is 0.105. The summed E-state index contributed by atoms with van der Waals surface area (Å²) in [5.41, 5.74) is 4.13. The molecule has 26 heavy (non-hydrogen) atoms. The molecule has 2 aromatic carbocycles. The molecule has 1 aliphatic heterocycles. The summed E-state index contributed by atoms with van der Waals surface area (Å²) in [6.45, 7) is 2.01. The number of rotatable bonds is 4. The van der Waals surface area contributed by atoms with E-state index in [9.17, 15) is 14.4 Å². The second-order valence-electron chi connectivity index (χ2n) is 5.46. The predicted octanol–water partition coefficient (Wildman–Crippen LogP) is 3.09. The quantitative estimate of drug-likeness (QED) is 0.473. The van der Waals surface area contributed by atoms with Crippen molar-refractivity contribution in [3.05, 3.63) is 69.7 Å². The highest BCUT2D eigenvalue weighted by Crippen LogP contribution is 2.23. The minimum absolute atomic E-state index is 0.0394. The Morgan fingerprint density at radius 1 is 1.19 bits per heavy atom. The lowest BCUT2D eigenvalue weighted by Crippen LogP contribution is -2.35. The van der Waals surface area contributed by atoms with Crippen LogP contribution >= 0.6 is 15.9 Å². The second-order valence-corrected chi connectivity index (χ2v) is 6.38. The third kappa shape index (κ3) is 3.67. The summed E-state index contributed by atoms with van der Waals surface area (Å²) in [6, 6.07) is 13.5. The molecule has 0 aliphatic carbocycles. The van der Waals surface area contributed by atoms with Gasteiger partial charge in [-0.2, -0.15) is 0 Å². The van der Waals surface area contributed by atoms with Gasteiger partial charge in [0.05, 0.1) is 17.9 Å². The van der Waals surface area contributed by atoms with Crippen LogP contribution in [0.2, 0.25) is 0 Å². The summed E-state index contributed by atoms with van der Waals surface area (Å²) in [5, 5.41) is 1.15. The van der Waals surface area contributed by atoms with Crippen molar-refractivity contribution in [3.63, 3.8) is 0 Å². The van der Waals surface area contributed by atoms with Crippen LogP contribution in [-0.4, -0.2) is 24.4 Å². The van der Waals surface area contributed by atoms with Crippen molar-refractivity contribution in [3.8, 4) is 0 Å². The van der Waals surface area contributed by atoms with Crippen molar-refractivity contribution in [2.75, 3.05) is 11.6 Å². The van der Waals surface area contributed by atoms with Gasteiger partial charge in [0.15, 0.2) is 0 Å². The molecule has 132 valence electrons. The van der Waals surface area contributed by atoms with Crippen LogP contribution in [0.3, 0.4) is 0 Å². The molecule has 7 heteroatoms. The Morgan fingerprint density at radius 2 is 1.92 bits per heavy atom. The van der Waals surface area contributed by atoms with E-state index < -0.39 is 17.8 Å². The van der Waals surface area contributed by atoms with Gasteiger partial charge in [-0.3, -0.25) is 15.0 Å². The molecule has 1 heterocycles. The molecule has 2 amide bonds. The largest absolute Gasteiger partial charge is 0.462 e. The van der Waals surface area contributed by atoms with Gasteiger partial charge in [-0.25, -0.2) is 9.80 Å². The van der Waals surface area contributed by atoms with E-state index in [1.807, 2.05) is 18.2 Å². The van der Waals surface area contributed by atoms with Crippen molar-refractivity contribution in [1.29, 1.82) is 0 Å². The standard InChI is InChI=1S/C19H15BrN2O4/c1-2-26-19(25)13-6-8-15(9-7-13)22-18(24)16(17(23)21-22)11-12-4-3-5-14(20)10-12/h3-11H,2H2,1H3,(H,21,23)/b16-11+. The van der Waals surface area contributed by atoms with Gasteiger partial charge >= 0.3 is 5.97 Å². The number of ether oxygens (including phenoxy) is 1. The number of halogens is 1. The molecule has 1 saturated heterocycles. The van der Waals surface area contributed by atoms with E-state index in [2.05, 4.69) is 21.4 Å². The molecule has 3 rings (SSSR count). The van der Waals surface area contributed by atoms with Gasteiger partial charge in [-0.1, -0.05) is 28.1 Å². The first-order valence-corrected chi connectivity index (χ1v) is 8.69. The second kappa shape index (κ2) is 7.53. The number of carbonyl (C=O) groups excluding carboxylic acids is 3. The van der Waals surface area contributed by atoms with Crippen molar-refractivity contribution < 1.29 is 19.1 Å². The topological polar surface area (TPSA) is 75.7 Å². The summed E-state index contributed by atoms with van der Waals surface area (Å²) in [5.74, 6) is -1.38. The van der Waals surface area contributed by atoms with Crippen molar-refractivity contribution >= 4 is 45.5 Å². The lowest BCUT2D eigenvalue weighted by Gasteiger charge is -2.14. The van der Waals surface area contributed by atoms with Gasteiger partial charge < -0.3 is 4.74 Å². The summed E-state index contributed by atoms with van der Waals surface area (Å²) in [4.78, 5) is 36.5. The number of hydrazine groups is 1. The summed E-state index contributed by atoms with van der Waals surface area (Å²) in [7, 11) is 0. The molecule has 6 nitrogen and oxygen atoms in total. The van der Waals surface area contributed by atoms with Crippen LogP contribution in [0.15, 0.2) is 58.6 Å². The third-order valence-electron chi connectivity index (χ3n) is 3.69. The van der Waals surface area contributed by atoms with Crippen LogP contribution < -0.4 is 10.4 Å². The number of esters is 1. The smallest absolute Gasteiger partial charge is 0.338 e. The van der Waals surface area contributed by atoms with Crippen LogP contribution in [0.1, 0.15) is 22.8 Å². The number of carbonyl (C=O) groups is 3. The van der Waals surface area contributed by atoms with E-state index >= 15 is 0 Å². The summed E-state index contributed by atoms with van der Waals surface area (Å²) >= 11 is 3.36. The molecular formula is C19H15BrN2O4. The fourth-order valence-corrected chi connectivity index (χ4v) is 2.88. The zero-order valence-corrected chi connectivity index (χ0v) is 15.4. The number of anilines is 1. The van der Waals surface area contributed by atoms with Crippen LogP contribution in [0.4, 0.5) is 5.69 Å².